The van der Waals surface area contributed by atoms with Crippen molar-refractivity contribution in [3.05, 3.63) is 97.0 Å². The Kier molecular flexibility index (Phi) is 8.08. The van der Waals surface area contributed by atoms with Crippen LogP contribution in [0.15, 0.2) is 70.7 Å². The van der Waals surface area contributed by atoms with E-state index in [-0.39, 0.29) is 46.7 Å². The van der Waals surface area contributed by atoms with Crippen molar-refractivity contribution in [3.63, 3.8) is 0 Å². The summed E-state index contributed by atoms with van der Waals surface area (Å²) in [5.41, 5.74) is 1.01. The lowest BCUT2D eigenvalue weighted by atomic mass is 10.1. The zero-order valence-electron chi connectivity index (χ0n) is 19.8. The Hall–Kier alpha value is -4.22. The van der Waals surface area contributed by atoms with Crippen LogP contribution in [0, 0.1) is 10.1 Å². The smallest absolute Gasteiger partial charge is 0.335 e. The van der Waals surface area contributed by atoms with Crippen LogP contribution in [0.3, 0.4) is 0 Å². The quantitative estimate of drug-likeness (QED) is 0.153. The second kappa shape index (κ2) is 11.4. The number of urea groups is 1. The molecule has 10 nitrogen and oxygen atoms in total. The Morgan fingerprint density at radius 1 is 1.05 bits per heavy atom. The number of nitro benzene ring substituents is 1. The van der Waals surface area contributed by atoms with Crippen molar-refractivity contribution >= 4 is 62.8 Å². The lowest BCUT2D eigenvalue weighted by Gasteiger charge is -2.26. The Labute approximate surface area is 230 Å². The summed E-state index contributed by atoms with van der Waals surface area (Å²) in [4.78, 5) is 49.4. The summed E-state index contributed by atoms with van der Waals surface area (Å²) < 4.78 is 12.3. The molecule has 3 aromatic carbocycles. The zero-order valence-corrected chi connectivity index (χ0v) is 22.1. The van der Waals surface area contributed by atoms with Crippen LogP contribution in [0.2, 0.25) is 5.02 Å². The van der Waals surface area contributed by atoms with Crippen LogP contribution in [-0.4, -0.2) is 29.4 Å². The minimum Gasteiger partial charge on any atom is -0.490 e. The molecule has 1 fully saturated rings. The van der Waals surface area contributed by atoms with Crippen molar-refractivity contribution in [3.8, 4) is 11.5 Å². The number of nitrogens with zero attached hydrogens (tertiary/aromatic N) is 2. The van der Waals surface area contributed by atoms with E-state index in [1.807, 2.05) is 0 Å². The number of benzene rings is 3. The Balaban J connectivity index is 1.62. The van der Waals surface area contributed by atoms with Gasteiger partial charge >= 0.3 is 6.03 Å². The number of hydrogen-bond acceptors (Lipinski definition) is 7. The third-order valence-electron chi connectivity index (χ3n) is 5.36. The fraction of sp³-hybridized carbons (Fsp3) is 0.115. The van der Waals surface area contributed by atoms with Crippen molar-refractivity contribution in [1.82, 2.24) is 5.32 Å². The van der Waals surface area contributed by atoms with Gasteiger partial charge in [-0.1, -0.05) is 27.5 Å². The summed E-state index contributed by atoms with van der Waals surface area (Å²) in [6.45, 7) is 2.10. The van der Waals surface area contributed by atoms with Gasteiger partial charge < -0.3 is 9.47 Å². The molecule has 0 spiro atoms. The maximum Gasteiger partial charge on any atom is 0.335 e. The van der Waals surface area contributed by atoms with Gasteiger partial charge in [0, 0.05) is 16.6 Å². The van der Waals surface area contributed by atoms with E-state index in [9.17, 15) is 24.5 Å². The van der Waals surface area contributed by atoms with Crippen LogP contribution in [-0.2, 0) is 16.2 Å². The molecule has 0 aliphatic carbocycles. The zero-order chi connectivity index (χ0) is 27.4. The summed E-state index contributed by atoms with van der Waals surface area (Å²) in [5, 5.41) is 13.2. The predicted molar refractivity (Wildman–Crippen MR) is 143 cm³/mol. The van der Waals surface area contributed by atoms with Crippen LogP contribution in [0.5, 0.6) is 11.5 Å². The first kappa shape index (κ1) is 26.8. The number of carbonyl (C=O) groups is 3. The number of halogens is 2. The van der Waals surface area contributed by atoms with E-state index in [0.717, 1.165) is 9.37 Å². The third-order valence-corrected chi connectivity index (χ3v) is 6.17. The number of rotatable bonds is 8. The van der Waals surface area contributed by atoms with Crippen molar-refractivity contribution in [2.45, 2.75) is 13.5 Å². The number of nitro groups is 1. The van der Waals surface area contributed by atoms with Crippen LogP contribution < -0.4 is 19.7 Å². The first-order valence-corrected chi connectivity index (χ1v) is 12.3. The highest BCUT2D eigenvalue weighted by Gasteiger charge is 2.36. The number of non-ortho nitro benzene ring substituents is 1. The summed E-state index contributed by atoms with van der Waals surface area (Å²) in [7, 11) is 0. The fourth-order valence-corrected chi connectivity index (χ4v) is 4.13. The van der Waals surface area contributed by atoms with E-state index in [2.05, 4.69) is 21.2 Å². The largest absolute Gasteiger partial charge is 0.490 e. The molecule has 0 atom stereocenters. The topological polar surface area (TPSA) is 128 Å². The number of barbiturate groups is 1. The lowest BCUT2D eigenvalue weighted by Crippen LogP contribution is -2.54. The number of hydrogen-bond donors (Lipinski definition) is 1. The molecule has 1 aliphatic heterocycles. The Bertz CT molecular complexity index is 1460. The van der Waals surface area contributed by atoms with Crippen molar-refractivity contribution < 1.29 is 28.8 Å². The highest BCUT2D eigenvalue weighted by atomic mass is 79.9. The first-order chi connectivity index (χ1) is 18.2. The van der Waals surface area contributed by atoms with E-state index in [1.54, 1.807) is 49.4 Å². The van der Waals surface area contributed by atoms with Gasteiger partial charge in [0.05, 0.1) is 22.2 Å². The monoisotopic (exact) mass is 599 g/mol. The second-order valence-electron chi connectivity index (χ2n) is 7.91. The number of ether oxygens (including phenoxy) is 2. The highest BCUT2D eigenvalue weighted by Crippen LogP contribution is 2.38. The Morgan fingerprint density at radius 3 is 2.37 bits per heavy atom. The van der Waals surface area contributed by atoms with E-state index in [4.69, 9.17) is 21.1 Å². The molecule has 0 unspecified atom stereocenters. The van der Waals surface area contributed by atoms with Crippen LogP contribution in [0.25, 0.3) is 6.08 Å². The standard InChI is InChI=1S/C26H19BrClN3O7/c1-2-37-22-13-16(12-21(28)23(22)38-14-15-3-7-19(8-4-15)31(35)36)11-20-24(32)29-26(34)30(25(20)33)18-9-5-17(27)6-10-18/h3-13H,2,14H2,1H3,(H,29,32,34)/b20-11+. The molecular weight excluding hydrogens is 582 g/mol. The van der Waals surface area contributed by atoms with Gasteiger partial charge in [-0.2, -0.15) is 0 Å². The number of nitrogens with one attached hydrogen (secondary N) is 1. The molecule has 194 valence electrons. The van der Waals surface area contributed by atoms with Crippen LogP contribution in [0.1, 0.15) is 18.1 Å². The van der Waals surface area contributed by atoms with Gasteiger partial charge in [0.15, 0.2) is 11.5 Å². The molecule has 1 aliphatic rings. The minimum atomic E-state index is -0.859. The van der Waals surface area contributed by atoms with E-state index < -0.39 is 22.8 Å². The molecule has 0 saturated carbocycles. The van der Waals surface area contributed by atoms with Crippen molar-refractivity contribution in [2.24, 2.45) is 0 Å². The fourth-order valence-electron chi connectivity index (χ4n) is 3.59. The molecule has 0 aromatic heterocycles. The molecule has 0 radical (unpaired) electrons. The molecule has 12 heteroatoms. The number of carbonyl (C=O) groups excluding carboxylic acids is 3. The molecule has 38 heavy (non-hydrogen) atoms. The number of anilines is 1. The van der Waals surface area contributed by atoms with Gasteiger partial charge in [-0.25, -0.2) is 9.69 Å². The highest BCUT2D eigenvalue weighted by molar-refractivity contribution is 9.10. The predicted octanol–water partition coefficient (Wildman–Crippen LogP) is 5.65. The molecule has 4 amide bonds. The van der Waals surface area contributed by atoms with Gasteiger partial charge in [0.2, 0.25) is 0 Å². The van der Waals surface area contributed by atoms with E-state index in [0.29, 0.717) is 11.1 Å². The van der Waals surface area contributed by atoms with Gasteiger partial charge in [-0.15, -0.1) is 0 Å². The van der Waals surface area contributed by atoms with Gasteiger partial charge in [0.25, 0.3) is 17.5 Å². The van der Waals surface area contributed by atoms with Gasteiger partial charge in [-0.3, -0.25) is 25.0 Å². The average molecular weight is 601 g/mol. The first-order valence-electron chi connectivity index (χ1n) is 11.2. The Morgan fingerprint density at radius 2 is 1.74 bits per heavy atom. The summed E-state index contributed by atoms with van der Waals surface area (Å²) in [6.07, 6.45) is 1.31. The average Bonchev–Trinajstić information content (AvgIpc) is 2.87. The van der Waals surface area contributed by atoms with Crippen LogP contribution >= 0.6 is 27.5 Å². The van der Waals surface area contributed by atoms with Crippen molar-refractivity contribution in [2.75, 3.05) is 11.5 Å². The summed E-state index contributed by atoms with van der Waals surface area (Å²) in [6, 6.07) is 14.5. The second-order valence-corrected chi connectivity index (χ2v) is 9.23. The molecule has 1 heterocycles. The molecule has 1 N–H and O–H groups in total. The molecular formula is C26H19BrClN3O7. The number of imide groups is 2. The van der Waals surface area contributed by atoms with Crippen molar-refractivity contribution in [1.29, 1.82) is 0 Å². The van der Waals surface area contributed by atoms with E-state index in [1.165, 1.54) is 24.3 Å². The maximum atomic E-state index is 13.2. The minimum absolute atomic E-state index is 0.0409. The third kappa shape index (κ3) is 5.84. The van der Waals surface area contributed by atoms with Gasteiger partial charge in [0.1, 0.15) is 12.2 Å². The maximum absolute atomic E-state index is 13.2. The summed E-state index contributed by atoms with van der Waals surface area (Å²) >= 11 is 9.78. The summed E-state index contributed by atoms with van der Waals surface area (Å²) in [5.74, 6) is -1.16. The molecule has 3 aromatic rings. The SMILES string of the molecule is CCOc1cc(/C=C2\C(=O)NC(=O)N(c3ccc(Br)cc3)C2=O)cc(Cl)c1OCc1ccc([N+](=O)[O-])cc1. The normalized spacial score (nSPS) is 14.4. The molecule has 0 bridgehead atoms. The lowest BCUT2D eigenvalue weighted by molar-refractivity contribution is -0.384. The van der Waals surface area contributed by atoms with Gasteiger partial charge in [-0.05, 0) is 72.7 Å². The van der Waals surface area contributed by atoms with E-state index >= 15 is 0 Å². The van der Waals surface area contributed by atoms with Crippen LogP contribution in [0.4, 0.5) is 16.2 Å². The number of amides is 4. The molecule has 1 saturated heterocycles. The molecule has 4 rings (SSSR count).